The first-order valence-electron chi connectivity index (χ1n) is 11.1. The fourth-order valence-corrected chi connectivity index (χ4v) is 5.68. The number of nitrogen functional groups attached to an aromatic ring is 1. The van der Waals surface area contributed by atoms with Crippen molar-refractivity contribution in [3.63, 3.8) is 0 Å². The molecule has 4 N–H and O–H groups in total. The predicted molar refractivity (Wildman–Crippen MR) is 136 cm³/mol. The second-order valence-electron chi connectivity index (χ2n) is 8.56. The first-order valence-corrected chi connectivity index (χ1v) is 12.0. The molecule has 0 bridgehead atoms. The molecule has 0 saturated heterocycles. The monoisotopic (exact) mass is 482 g/mol. The van der Waals surface area contributed by atoms with Crippen LogP contribution >= 0.6 is 11.3 Å². The van der Waals surface area contributed by atoms with Crippen molar-refractivity contribution in [3.05, 3.63) is 34.5 Å². The van der Waals surface area contributed by atoms with Gasteiger partial charge < -0.3 is 30.8 Å². The number of anilines is 3. The van der Waals surface area contributed by atoms with Crippen LogP contribution in [-0.2, 0) is 22.4 Å². The largest absolute Gasteiger partial charge is 0.494 e. The second kappa shape index (κ2) is 9.94. The van der Waals surface area contributed by atoms with Crippen molar-refractivity contribution in [2.45, 2.75) is 32.3 Å². The van der Waals surface area contributed by atoms with E-state index < -0.39 is 0 Å². The van der Waals surface area contributed by atoms with Crippen LogP contribution in [0.3, 0.4) is 0 Å². The number of nitrogens with two attached hydrogens (primary N) is 1. The Morgan fingerprint density at radius 3 is 2.91 bits per heavy atom. The molecule has 1 aliphatic rings. The Morgan fingerprint density at radius 2 is 2.21 bits per heavy atom. The third kappa shape index (κ3) is 4.55. The quantitative estimate of drug-likeness (QED) is 0.331. The van der Waals surface area contributed by atoms with E-state index in [0.717, 1.165) is 23.1 Å². The summed E-state index contributed by atoms with van der Waals surface area (Å²) >= 11 is 1.62. The van der Waals surface area contributed by atoms with Gasteiger partial charge in [-0.25, -0.2) is 9.97 Å². The number of benzene rings is 1. The Hall–Kier alpha value is -3.24. The van der Waals surface area contributed by atoms with Crippen LogP contribution in [0.1, 0.15) is 29.3 Å². The van der Waals surface area contributed by atoms with Crippen LogP contribution in [0.25, 0.3) is 10.2 Å². The SMILES string of the molecule is COc1cc(N)c(C=N)cc1Nc1ncnc2sc3c(c12)CC[C@H](C(=O)N(C)C[C@H](C)OC)C3. The van der Waals surface area contributed by atoms with Crippen molar-refractivity contribution < 1.29 is 14.3 Å². The Balaban J connectivity index is 1.63. The van der Waals surface area contributed by atoms with E-state index in [1.807, 2.05) is 14.0 Å². The fourth-order valence-electron chi connectivity index (χ4n) is 4.41. The molecule has 180 valence electrons. The summed E-state index contributed by atoms with van der Waals surface area (Å²) in [6.07, 6.45) is 5.01. The van der Waals surface area contributed by atoms with Crippen molar-refractivity contribution in [2.24, 2.45) is 5.92 Å². The molecule has 2 aromatic heterocycles. The number of thiophene rings is 1. The van der Waals surface area contributed by atoms with Crippen molar-refractivity contribution in [1.82, 2.24) is 14.9 Å². The Morgan fingerprint density at radius 1 is 1.41 bits per heavy atom. The molecule has 1 amide bonds. The number of amides is 1. The van der Waals surface area contributed by atoms with Crippen LogP contribution in [0, 0.1) is 11.3 Å². The maximum absolute atomic E-state index is 13.0. The number of carbonyl (C=O) groups is 1. The maximum Gasteiger partial charge on any atom is 0.225 e. The molecule has 2 heterocycles. The topological polar surface area (TPSA) is 126 Å². The van der Waals surface area contributed by atoms with Gasteiger partial charge in [0.15, 0.2) is 0 Å². The lowest BCUT2D eigenvalue weighted by Crippen LogP contribution is -2.39. The lowest BCUT2D eigenvalue weighted by Gasteiger charge is -2.28. The predicted octanol–water partition coefficient (Wildman–Crippen LogP) is 3.62. The van der Waals surface area contributed by atoms with Gasteiger partial charge in [0.05, 0.1) is 24.3 Å². The number of hydrogen-bond donors (Lipinski definition) is 3. The zero-order chi connectivity index (χ0) is 24.4. The van der Waals surface area contributed by atoms with Gasteiger partial charge in [-0.2, -0.15) is 0 Å². The van der Waals surface area contributed by atoms with Crippen LogP contribution in [0.5, 0.6) is 5.75 Å². The average molecular weight is 483 g/mol. The molecule has 3 aromatic rings. The molecular formula is C24H30N6O3S. The van der Waals surface area contributed by atoms with Crippen molar-refractivity contribution in [2.75, 3.05) is 38.9 Å². The number of methoxy groups -OCH3 is 2. The van der Waals surface area contributed by atoms with E-state index in [2.05, 4.69) is 15.3 Å². The van der Waals surface area contributed by atoms with Crippen LogP contribution in [-0.4, -0.2) is 60.9 Å². The molecule has 1 aliphatic carbocycles. The molecule has 10 heteroatoms. The lowest BCUT2D eigenvalue weighted by atomic mass is 9.87. The van der Waals surface area contributed by atoms with Gasteiger partial charge in [-0.3, -0.25) is 4.79 Å². The minimum absolute atomic E-state index is 0.000157. The highest BCUT2D eigenvalue weighted by Gasteiger charge is 2.31. The maximum atomic E-state index is 13.0. The Labute approximate surface area is 202 Å². The summed E-state index contributed by atoms with van der Waals surface area (Å²) in [5, 5.41) is 12.0. The fraction of sp³-hybridized carbons (Fsp3) is 0.417. The van der Waals surface area contributed by atoms with Gasteiger partial charge in [-0.15, -0.1) is 11.3 Å². The molecule has 9 nitrogen and oxygen atoms in total. The highest BCUT2D eigenvalue weighted by Crippen LogP contribution is 2.41. The summed E-state index contributed by atoms with van der Waals surface area (Å²) in [6, 6.07) is 3.47. The van der Waals surface area contributed by atoms with E-state index in [-0.39, 0.29) is 17.9 Å². The first-order chi connectivity index (χ1) is 16.4. The van der Waals surface area contributed by atoms with Crippen molar-refractivity contribution in [1.29, 1.82) is 5.41 Å². The van der Waals surface area contributed by atoms with E-state index in [1.54, 1.807) is 42.6 Å². The number of ether oxygens (including phenoxy) is 2. The summed E-state index contributed by atoms with van der Waals surface area (Å²) in [5.41, 5.74) is 8.94. The number of hydrogen-bond acceptors (Lipinski definition) is 9. The van der Waals surface area contributed by atoms with Gasteiger partial charge in [-0.1, -0.05) is 0 Å². The number of rotatable bonds is 8. The molecule has 0 aliphatic heterocycles. The van der Waals surface area contributed by atoms with E-state index in [9.17, 15) is 4.79 Å². The highest BCUT2D eigenvalue weighted by atomic mass is 32.1. The van der Waals surface area contributed by atoms with Gasteiger partial charge in [0, 0.05) is 55.0 Å². The number of fused-ring (bicyclic) bond motifs is 3. The average Bonchev–Trinajstić information content (AvgIpc) is 3.22. The van der Waals surface area contributed by atoms with Crippen LogP contribution in [0.15, 0.2) is 18.5 Å². The van der Waals surface area contributed by atoms with Crippen LogP contribution < -0.4 is 15.8 Å². The number of aromatic nitrogens is 2. The molecule has 2 atom stereocenters. The van der Waals surface area contributed by atoms with Gasteiger partial charge in [0.2, 0.25) is 5.91 Å². The normalized spacial score (nSPS) is 16.1. The van der Waals surface area contributed by atoms with Crippen LogP contribution in [0.4, 0.5) is 17.2 Å². The number of carbonyl (C=O) groups excluding carboxylic acids is 1. The lowest BCUT2D eigenvalue weighted by molar-refractivity contribution is -0.135. The Kier molecular flexibility index (Phi) is 6.99. The standard InChI is InChI=1S/C24H30N6O3S/c1-13(32-3)11-30(2)24(31)14-5-6-16-20(8-14)34-23-21(16)22(27-12-28-23)29-18-7-15(10-25)17(26)9-19(18)33-4/h7,9-10,12-14,25H,5-6,8,11,26H2,1-4H3,(H,27,28,29)/t13-,14-/m0/s1. The van der Waals surface area contributed by atoms with Crippen molar-refractivity contribution >= 4 is 50.9 Å². The molecule has 34 heavy (non-hydrogen) atoms. The zero-order valence-corrected chi connectivity index (χ0v) is 20.7. The summed E-state index contributed by atoms with van der Waals surface area (Å²) in [7, 11) is 5.08. The van der Waals surface area contributed by atoms with Gasteiger partial charge >= 0.3 is 0 Å². The van der Waals surface area contributed by atoms with E-state index in [0.29, 0.717) is 41.5 Å². The molecule has 0 radical (unpaired) electrons. The molecule has 0 spiro atoms. The third-order valence-electron chi connectivity index (χ3n) is 6.32. The molecule has 0 saturated carbocycles. The minimum atomic E-state index is -0.0497. The first kappa shape index (κ1) is 23.9. The summed E-state index contributed by atoms with van der Waals surface area (Å²) in [4.78, 5) is 25.9. The molecule has 4 rings (SSSR count). The van der Waals surface area contributed by atoms with E-state index in [4.69, 9.17) is 20.6 Å². The van der Waals surface area contributed by atoms with Crippen LogP contribution in [0.2, 0.25) is 0 Å². The molecular weight excluding hydrogens is 452 g/mol. The second-order valence-corrected chi connectivity index (χ2v) is 9.65. The van der Waals surface area contributed by atoms with Gasteiger partial charge in [-0.05, 0) is 37.8 Å². The summed E-state index contributed by atoms with van der Waals surface area (Å²) in [6.45, 7) is 2.54. The Bertz CT molecular complexity index is 1230. The molecule has 1 aromatic carbocycles. The third-order valence-corrected chi connectivity index (χ3v) is 7.48. The smallest absolute Gasteiger partial charge is 0.225 e. The molecule has 0 fully saturated rings. The number of nitrogens with zero attached hydrogens (tertiary/aromatic N) is 3. The summed E-state index contributed by atoms with van der Waals surface area (Å²) in [5.74, 6) is 1.35. The number of aryl methyl sites for hydroxylation is 1. The van der Waals surface area contributed by atoms with E-state index >= 15 is 0 Å². The van der Waals surface area contributed by atoms with Crippen molar-refractivity contribution in [3.8, 4) is 5.75 Å². The van der Waals surface area contributed by atoms with E-state index in [1.165, 1.54) is 23.0 Å². The number of nitrogens with one attached hydrogen (secondary N) is 2. The summed E-state index contributed by atoms with van der Waals surface area (Å²) < 4.78 is 10.8. The zero-order valence-electron chi connectivity index (χ0n) is 19.8. The highest BCUT2D eigenvalue weighted by molar-refractivity contribution is 7.19. The van der Waals surface area contributed by atoms with Gasteiger partial charge in [0.1, 0.15) is 22.7 Å². The number of likely N-dealkylation sites (N-methyl/N-ethyl adjacent to an activating group) is 1. The molecule has 0 unspecified atom stereocenters. The van der Waals surface area contributed by atoms with Gasteiger partial charge in [0.25, 0.3) is 0 Å². The minimum Gasteiger partial charge on any atom is -0.494 e.